The maximum Gasteiger partial charge on any atom is 0.416 e. The smallest absolute Gasteiger partial charge is 0.277 e. The second-order valence-corrected chi connectivity index (χ2v) is 6.07. The van der Waals surface area contributed by atoms with Crippen LogP contribution in [0.3, 0.4) is 0 Å². The van der Waals surface area contributed by atoms with Gasteiger partial charge in [-0.2, -0.15) is 13.2 Å². The highest BCUT2D eigenvalue weighted by Gasteiger charge is 2.30. The molecule has 1 aromatic heterocycles. The first-order chi connectivity index (χ1) is 9.70. The maximum absolute atomic E-state index is 12.4. The van der Waals surface area contributed by atoms with Crippen LogP contribution in [-0.4, -0.2) is 13.4 Å². The van der Waals surface area contributed by atoms with E-state index in [0.717, 1.165) is 12.1 Å². The molecule has 0 aliphatic carbocycles. The van der Waals surface area contributed by atoms with Crippen molar-refractivity contribution in [2.24, 2.45) is 0 Å². The number of rotatable bonds is 3. The van der Waals surface area contributed by atoms with Crippen molar-refractivity contribution in [1.29, 1.82) is 0 Å². The van der Waals surface area contributed by atoms with E-state index in [0.29, 0.717) is 12.1 Å². The molecule has 0 radical (unpaired) electrons. The molecule has 112 valence electrons. The van der Waals surface area contributed by atoms with E-state index >= 15 is 0 Å². The van der Waals surface area contributed by atoms with E-state index in [9.17, 15) is 21.6 Å². The average Bonchev–Trinajstić information content (AvgIpc) is 2.40. The maximum atomic E-state index is 12.4. The lowest BCUT2D eigenvalue weighted by atomic mass is 10.2. The summed E-state index contributed by atoms with van der Waals surface area (Å²) in [6, 6.07) is 4.51. The van der Waals surface area contributed by atoms with Crippen molar-refractivity contribution in [2.75, 3.05) is 4.72 Å². The van der Waals surface area contributed by atoms with E-state index in [2.05, 4.69) is 9.71 Å². The molecule has 0 aliphatic heterocycles. The Kier molecular flexibility index (Phi) is 4.11. The van der Waals surface area contributed by atoms with Crippen molar-refractivity contribution in [3.8, 4) is 0 Å². The molecule has 0 saturated carbocycles. The Bertz CT molecular complexity index is 746. The first-order valence-corrected chi connectivity index (χ1v) is 7.36. The monoisotopic (exact) mass is 336 g/mol. The number of halogens is 4. The minimum Gasteiger partial charge on any atom is -0.277 e. The molecular formula is C12H8ClF3N2O2S. The van der Waals surface area contributed by atoms with Crippen molar-refractivity contribution < 1.29 is 21.6 Å². The summed E-state index contributed by atoms with van der Waals surface area (Å²) in [4.78, 5) is 3.40. The number of sulfonamides is 1. The van der Waals surface area contributed by atoms with Crippen LogP contribution in [0.4, 0.5) is 18.9 Å². The molecule has 21 heavy (non-hydrogen) atoms. The number of anilines is 1. The fourth-order valence-corrected chi connectivity index (χ4v) is 2.75. The van der Waals surface area contributed by atoms with Gasteiger partial charge in [0.05, 0.1) is 27.4 Å². The standard InChI is InChI=1S/C12H8ClF3N2O2S/c13-10-5-6-17-7-11(10)18-21(19,20)9-3-1-8(2-4-9)12(14,15)16/h1-7,18H. The van der Waals surface area contributed by atoms with E-state index in [1.165, 1.54) is 18.5 Å². The second-order valence-electron chi connectivity index (χ2n) is 3.98. The van der Waals surface area contributed by atoms with Crippen LogP contribution in [0, 0.1) is 0 Å². The van der Waals surface area contributed by atoms with Crippen molar-refractivity contribution in [1.82, 2.24) is 4.98 Å². The molecule has 0 amide bonds. The molecule has 0 saturated heterocycles. The third-order valence-electron chi connectivity index (χ3n) is 2.50. The molecule has 0 bridgehead atoms. The van der Waals surface area contributed by atoms with Crippen molar-refractivity contribution in [3.05, 3.63) is 53.3 Å². The number of pyridine rings is 1. The summed E-state index contributed by atoms with van der Waals surface area (Å²) in [5, 5.41) is 0.125. The number of hydrogen-bond donors (Lipinski definition) is 1. The van der Waals surface area contributed by atoms with Gasteiger partial charge < -0.3 is 0 Å². The predicted molar refractivity (Wildman–Crippen MR) is 71.5 cm³/mol. The quantitative estimate of drug-likeness (QED) is 0.932. The lowest BCUT2D eigenvalue weighted by Crippen LogP contribution is -2.14. The second kappa shape index (κ2) is 5.53. The Balaban J connectivity index is 2.30. The zero-order valence-electron chi connectivity index (χ0n) is 10.2. The fourth-order valence-electron chi connectivity index (χ4n) is 1.48. The average molecular weight is 337 g/mol. The van der Waals surface area contributed by atoms with Gasteiger partial charge in [-0.3, -0.25) is 9.71 Å². The summed E-state index contributed by atoms with van der Waals surface area (Å²) in [6.45, 7) is 0. The van der Waals surface area contributed by atoms with Gasteiger partial charge >= 0.3 is 6.18 Å². The van der Waals surface area contributed by atoms with Gasteiger partial charge in [0.2, 0.25) is 0 Å². The lowest BCUT2D eigenvalue weighted by molar-refractivity contribution is -0.137. The molecule has 0 spiro atoms. The molecule has 0 fully saturated rings. The molecule has 0 unspecified atom stereocenters. The Hall–Kier alpha value is -1.80. The molecule has 1 heterocycles. The summed E-state index contributed by atoms with van der Waals surface area (Å²) in [7, 11) is -4.04. The number of nitrogens with one attached hydrogen (secondary N) is 1. The van der Waals surface area contributed by atoms with Gasteiger partial charge in [0.1, 0.15) is 0 Å². The van der Waals surface area contributed by atoms with Gasteiger partial charge in [-0.25, -0.2) is 8.42 Å². The van der Waals surface area contributed by atoms with Crippen LogP contribution in [0.2, 0.25) is 5.02 Å². The van der Waals surface area contributed by atoms with Crippen molar-refractivity contribution in [2.45, 2.75) is 11.1 Å². The van der Waals surface area contributed by atoms with Gasteiger partial charge in [-0.1, -0.05) is 11.6 Å². The van der Waals surface area contributed by atoms with Crippen LogP contribution in [-0.2, 0) is 16.2 Å². The van der Waals surface area contributed by atoms with E-state index < -0.39 is 21.8 Å². The third-order valence-corrected chi connectivity index (χ3v) is 4.22. The van der Waals surface area contributed by atoms with Crippen LogP contribution < -0.4 is 4.72 Å². The molecule has 0 aliphatic rings. The Morgan fingerprint density at radius 2 is 1.71 bits per heavy atom. The van der Waals surface area contributed by atoms with Crippen LogP contribution in [0.5, 0.6) is 0 Å². The molecule has 9 heteroatoms. The Labute approximate surface area is 123 Å². The summed E-state index contributed by atoms with van der Waals surface area (Å²) >= 11 is 5.79. The summed E-state index contributed by atoms with van der Waals surface area (Å²) in [5.74, 6) is 0. The number of nitrogens with zero attached hydrogens (tertiary/aromatic N) is 1. The molecule has 1 aromatic carbocycles. The number of benzene rings is 1. The first-order valence-electron chi connectivity index (χ1n) is 5.50. The highest BCUT2D eigenvalue weighted by molar-refractivity contribution is 7.92. The van der Waals surface area contributed by atoms with E-state index in [4.69, 9.17) is 11.6 Å². The first kappa shape index (κ1) is 15.6. The molecule has 1 N–H and O–H groups in total. The van der Waals surface area contributed by atoms with E-state index in [-0.39, 0.29) is 15.6 Å². The summed E-state index contributed by atoms with van der Waals surface area (Å²) in [6.07, 6.45) is -1.95. The van der Waals surface area contributed by atoms with Crippen molar-refractivity contribution >= 4 is 27.3 Å². The number of aromatic nitrogens is 1. The van der Waals surface area contributed by atoms with Gasteiger partial charge in [-0.15, -0.1) is 0 Å². The number of alkyl halides is 3. The van der Waals surface area contributed by atoms with Gasteiger partial charge in [0, 0.05) is 6.20 Å². The Morgan fingerprint density at radius 1 is 1.10 bits per heavy atom. The SMILES string of the molecule is O=S(=O)(Nc1cnccc1Cl)c1ccc(C(F)(F)F)cc1. The molecule has 2 rings (SSSR count). The minimum absolute atomic E-state index is 0.0408. The van der Waals surface area contributed by atoms with E-state index in [1.54, 1.807) is 0 Å². The van der Waals surface area contributed by atoms with Crippen LogP contribution in [0.15, 0.2) is 47.6 Å². The topological polar surface area (TPSA) is 59.1 Å². The zero-order chi connectivity index (χ0) is 15.7. The van der Waals surface area contributed by atoms with Gasteiger partial charge in [0.15, 0.2) is 0 Å². The molecule has 0 atom stereocenters. The molecular weight excluding hydrogens is 329 g/mol. The summed E-state index contributed by atoms with van der Waals surface area (Å²) in [5.41, 5.74) is -0.889. The largest absolute Gasteiger partial charge is 0.416 e. The predicted octanol–water partition coefficient (Wildman–Crippen LogP) is 3.55. The highest BCUT2D eigenvalue weighted by Crippen LogP contribution is 2.30. The van der Waals surface area contributed by atoms with Crippen molar-refractivity contribution in [3.63, 3.8) is 0 Å². The molecule has 2 aromatic rings. The zero-order valence-corrected chi connectivity index (χ0v) is 11.8. The van der Waals surface area contributed by atoms with Crippen LogP contribution in [0.25, 0.3) is 0 Å². The minimum atomic E-state index is -4.53. The fraction of sp³-hybridized carbons (Fsp3) is 0.0833. The lowest BCUT2D eigenvalue weighted by Gasteiger charge is -2.10. The summed E-state index contributed by atoms with van der Waals surface area (Å²) < 4.78 is 63.5. The number of hydrogen-bond acceptors (Lipinski definition) is 3. The van der Waals surface area contributed by atoms with Gasteiger partial charge in [0.25, 0.3) is 10.0 Å². The highest BCUT2D eigenvalue weighted by atomic mass is 35.5. The Morgan fingerprint density at radius 3 is 2.24 bits per heavy atom. The van der Waals surface area contributed by atoms with E-state index in [1.807, 2.05) is 0 Å². The normalized spacial score (nSPS) is 12.2. The third kappa shape index (κ3) is 3.64. The van der Waals surface area contributed by atoms with Crippen LogP contribution >= 0.6 is 11.6 Å². The molecule has 4 nitrogen and oxygen atoms in total. The van der Waals surface area contributed by atoms with Gasteiger partial charge in [-0.05, 0) is 30.3 Å². The van der Waals surface area contributed by atoms with Crippen LogP contribution in [0.1, 0.15) is 5.56 Å².